The van der Waals surface area contributed by atoms with Gasteiger partial charge in [0.15, 0.2) is 6.61 Å². The lowest BCUT2D eigenvalue weighted by atomic mass is 10.2. The molecule has 0 fully saturated rings. The van der Waals surface area contributed by atoms with Gasteiger partial charge in [0.05, 0.1) is 0 Å². The summed E-state index contributed by atoms with van der Waals surface area (Å²) in [7, 11) is 0. The van der Waals surface area contributed by atoms with Crippen LogP contribution in [-0.4, -0.2) is 35.2 Å². The third kappa shape index (κ3) is 6.10. The molecule has 0 aromatic carbocycles. The number of carboxylic acids is 1. The van der Waals surface area contributed by atoms with Crippen molar-refractivity contribution >= 4 is 12.0 Å². The Bertz CT molecular complexity index is 369. The Labute approximate surface area is 97.8 Å². The normalized spacial score (nSPS) is 9.65. The number of carboxylic acid groups (broad SMARTS) is 1. The number of aliphatic carboxylic acids is 1. The Kier molecular flexibility index (Phi) is 5.45. The number of nitrogens with zero attached hydrogens (tertiary/aromatic N) is 1. The van der Waals surface area contributed by atoms with Crippen molar-refractivity contribution in [2.75, 3.05) is 13.2 Å². The fourth-order valence-corrected chi connectivity index (χ4v) is 1.07. The van der Waals surface area contributed by atoms with Gasteiger partial charge in [-0.2, -0.15) is 0 Å². The largest absolute Gasteiger partial charge is 0.479 e. The molecule has 1 aromatic heterocycles. The molecule has 0 saturated carbocycles. The van der Waals surface area contributed by atoms with Gasteiger partial charge in [-0.3, -0.25) is 9.82 Å². The zero-order valence-corrected chi connectivity index (χ0v) is 9.05. The summed E-state index contributed by atoms with van der Waals surface area (Å²) in [6.07, 6.45) is 4.01. The van der Waals surface area contributed by atoms with Crippen LogP contribution in [0.5, 0.6) is 0 Å². The molecule has 0 radical (unpaired) electrons. The third-order valence-electron chi connectivity index (χ3n) is 1.81. The monoisotopic (exact) mass is 239 g/mol. The maximum absolute atomic E-state index is 11.1. The number of hydroxylamine groups is 1. The number of aromatic nitrogens is 1. The Morgan fingerprint density at radius 2 is 2.06 bits per heavy atom. The van der Waals surface area contributed by atoms with E-state index in [0.717, 1.165) is 5.56 Å². The molecule has 7 heteroatoms. The maximum Gasteiger partial charge on any atom is 0.338 e. The zero-order chi connectivity index (χ0) is 12.5. The molecule has 0 spiro atoms. The molecule has 3 N–H and O–H groups in total. The van der Waals surface area contributed by atoms with Gasteiger partial charge in [-0.1, -0.05) is 0 Å². The third-order valence-corrected chi connectivity index (χ3v) is 1.81. The van der Waals surface area contributed by atoms with E-state index in [4.69, 9.17) is 5.11 Å². The predicted molar refractivity (Wildman–Crippen MR) is 58.1 cm³/mol. The molecule has 0 aliphatic carbocycles. The molecule has 0 unspecified atom stereocenters. The Morgan fingerprint density at radius 3 is 2.71 bits per heavy atom. The van der Waals surface area contributed by atoms with E-state index in [2.05, 4.69) is 15.1 Å². The first kappa shape index (κ1) is 12.9. The van der Waals surface area contributed by atoms with Gasteiger partial charge in [0, 0.05) is 18.9 Å². The Balaban J connectivity index is 2.10. The van der Waals surface area contributed by atoms with Crippen LogP contribution in [0.25, 0.3) is 0 Å². The zero-order valence-electron chi connectivity index (χ0n) is 9.05. The SMILES string of the molecule is O=C(O)CONC(=O)NCCc1ccncc1. The second kappa shape index (κ2) is 7.18. The van der Waals surface area contributed by atoms with Crippen molar-refractivity contribution in [2.45, 2.75) is 6.42 Å². The number of carbonyl (C=O) groups is 2. The molecule has 2 amide bonds. The van der Waals surface area contributed by atoms with E-state index in [9.17, 15) is 9.59 Å². The van der Waals surface area contributed by atoms with E-state index in [1.54, 1.807) is 12.4 Å². The quantitative estimate of drug-likeness (QED) is 0.604. The van der Waals surface area contributed by atoms with Gasteiger partial charge in [0.1, 0.15) is 0 Å². The maximum atomic E-state index is 11.1. The average molecular weight is 239 g/mol. The van der Waals surface area contributed by atoms with Crippen LogP contribution < -0.4 is 10.8 Å². The highest BCUT2D eigenvalue weighted by molar-refractivity contribution is 5.73. The molecule has 1 aromatic rings. The first-order chi connectivity index (χ1) is 8.18. The van der Waals surface area contributed by atoms with Gasteiger partial charge in [-0.15, -0.1) is 0 Å². The summed E-state index contributed by atoms with van der Waals surface area (Å²) in [5.41, 5.74) is 3.00. The van der Waals surface area contributed by atoms with Gasteiger partial charge >= 0.3 is 12.0 Å². The van der Waals surface area contributed by atoms with Crippen LogP contribution in [-0.2, 0) is 16.1 Å². The molecule has 17 heavy (non-hydrogen) atoms. The minimum atomic E-state index is -1.15. The van der Waals surface area contributed by atoms with Gasteiger partial charge in [0.2, 0.25) is 0 Å². The van der Waals surface area contributed by atoms with E-state index in [-0.39, 0.29) is 0 Å². The highest BCUT2D eigenvalue weighted by Crippen LogP contribution is 1.95. The number of hydrogen-bond acceptors (Lipinski definition) is 4. The highest BCUT2D eigenvalue weighted by atomic mass is 16.7. The second-order valence-electron chi connectivity index (χ2n) is 3.15. The number of amides is 2. The summed E-state index contributed by atoms with van der Waals surface area (Å²) in [4.78, 5) is 29.4. The summed E-state index contributed by atoms with van der Waals surface area (Å²) in [6, 6.07) is 3.13. The topological polar surface area (TPSA) is 101 Å². The van der Waals surface area contributed by atoms with Crippen LogP contribution in [0.4, 0.5) is 4.79 Å². The fourth-order valence-electron chi connectivity index (χ4n) is 1.07. The summed E-state index contributed by atoms with van der Waals surface area (Å²) >= 11 is 0. The van der Waals surface area contributed by atoms with Crippen molar-refractivity contribution < 1.29 is 19.5 Å². The molecule has 92 valence electrons. The molecule has 1 heterocycles. The van der Waals surface area contributed by atoms with E-state index in [0.29, 0.717) is 13.0 Å². The number of hydrogen-bond donors (Lipinski definition) is 3. The van der Waals surface area contributed by atoms with Crippen LogP contribution in [0.1, 0.15) is 5.56 Å². The minimum Gasteiger partial charge on any atom is -0.479 e. The number of rotatable bonds is 6. The van der Waals surface area contributed by atoms with E-state index in [1.807, 2.05) is 17.6 Å². The lowest BCUT2D eigenvalue weighted by Crippen LogP contribution is -2.37. The smallest absolute Gasteiger partial charge is 0.338 e. The van der Waals surface area contributed by atoms with Crippen molar-refractivity contribution in [1.82, 2.24) is 15.8 Å². The lowest BCUT2D eigenvalue weighted by Gasteiger charge is -2.06. The average Bonchev–Trinajstić information content (AvgIpc) is 2.30. The Morgan fingerprint density at radius 1 is 1.35 bits per heavy atom. The number of urea groups is 1. The lowest BCUT2D eigenvalue weighted by molar-refractivity contribution is -0.144. The second-order valence-corrected chi connectivity index (χ2v) is 3.15. The van der Waals surface area contributed by atoms with Crippen LogP contribution in [0.3, 0.4) is 0 Å². The molecule has 0 aliphatic heterocycles. The fraction of sp³-hybridized carbons (Fsp3) is 0.300. The van der Waals surface area contributed by atoms with Crippen LogP contribution in [0, 0.1) is 0 Å². The summed E-state index contributed by atoms with van der Waals surface area (Å²) in [5.74, 6) is -1.15. The standard InChI is InChI=1S/C10H13N3O4/c14-9(15)7-17-13-10(16)12-6-3-8-1-4-11-5-2-8/h1-2,4-5H,3,6-7H2,(H,14,15)(H2,12,13,16). The van der Waals surface area contributed by atoms with Crippen molar-refractivity contribution in [3.8, 4) is 0 Å². The summed E-state index contributed by atoms with van der Waals surface area (Å²) in [5, 5.41) is 10.8. The van der Waals surface area contributed by atoms with Crippen molar-refractivity contribution in [2.24, 2.45) is 0 Å². The number of pyridine rings is 1. The van der Waals surface area contributed by atoms with Crippen molar-refractivity contribution in [3.05, 3.63) is 30.1 Å². The molecule has 1 rings (SSSR count). The van der Waals surface area contributed by atoms with Gasteiger partial charge in [0.25, 0.3) is 0 Å². The first-order valence-corrected chi connectivity index (χ1v) is 4.95. The van der Waals surface area contributed by atoms with E-state index in [1.165, 1.54) is 0 Å². The highest BCUT2D eigenvalue weighted by Gasteiger charge is 2.01. The van der Waals surface area contributed by atoms with Crippen molar-refractivity contribution in [3.63, 3.8) is 0 Å². The Hall–Kier alpha value is -2.15. The minimum absolute atomic E-state index is 0.423. The van der Waals surface area contributed by atoms with E-state index < -0.39 is 18.6 Å². The van der Waals surface area contributed by atoms with Crippen LogP contribution in [0.15, 0.2) is 24.5 Å². The van der Waals surface area contributed by atoms with Crippen molar-refractivity contribution in [1.29, 1.82) is 0 Å². The predicted octanol–water partition coefficient (Wildman–Crippen LogP) is -0.0605. The van der Waals surface area contributed by atoms with Gasteiger partial charge < -0.3 is 10.4 Å². The van der Waals surface area contributed by atoms with E-state index >= 15 is 0 Å². The van der Waals surface area contributed by atoms with Crippen LogP contribution >= 0.6 is 0 Å². The molecular formula is C10H13N3O4. The molecule has 0 bridgehead atoms. The molecule has 0 saturated heterocycles. The van der Waals surface area contributed by atoms with Gasteiger partial charge in [-0.25, -0.2) is 15.1 Å². The molecular weight excluding hydrogens is 226 g/mol. The first-order valence-electron chi connectivity index (χ1n) is 4.95. The van der Waals surface area contributed by atoms with Gasteiger partial charge in [-0.05, 0) is 24.1 Å². The molecule has 0 atom stereocenters. The van der Waals surface area contributed by atoms with Crippen LogP contribution in [0.2, 0.25) is 0 Å². The number of nitrogens with one attached hydrogen (secondary N) is 2. The molecule has 7 nitrogen and oxygen atoms in total. The number of carbonyl (C=O) groups excluding carboxylic acids is 1. The summed E-state index contributed by atoms with van der Waals surface area (Å²) < 4.78 is 0. The molecule has 0 aliphatic rings. The summed E-state index contributed by atoms with van der Waals surface area (Å²) in [6.45, 7) is -0.149.